The lowest BCUT2D eigenvalue weighted by Gasteiger charge is -2.00. The predicted molar refractivity (Wildman–Crippen MR) is 89.1 cm³/mol. The van der Waals surface area contributed by atoms with Crippen molar-refractivity contribution in [1.82, 2.24) is 10.2 Å². The summed E-state index contributed by atoms with van der Waals surface area (Å²) in [6, 6.07) is 14.3. The highest BCUT2D eigenvalue weighted by Crippen LogP contribution is 2.30. The summed E-state index contributed by atoms with van der Waals surface area (Å²) in [4.78, 5) is 12.2. The number of rotatable bonds is 3. The lowest BCUT2D eigenvalue weighted by Crippen LogP contribution is -1.94. The Balaban J connectivity index is 1.82. The zero-order valence-corrected chi connectivity index (χ0v) is 14.2. The van der Waals surface area contributed by atoms with Crippen molar-refractivity contribution in [2.45, 2.75) is 5.22 Å². The Morgan fingerprint density at radius 3 is 2.59 bits per heavy atom. The Labute approximate surface area is 144 Å². The maximum absolute atomic E-state index is 12.2. The van der Waals surface area contributed by atoms with E-state index in [-0.39, 0.29) is 16.2 Å². The minimum Gasteiger partial charge on any atom is -0.411 e. The maximum atomic E-state index is 12.2. The molecule has 2 aromatic carbocycles. The summed E-state index contributed by atoms with van der Waals surface area (Å²) in [5, 5.41) is 8.32. The standard InChI is InChI=1S/C15H8BrClN2O2S/c16-11-7-3-1-5-9(11)14(20)22-15-19-18-13(21-15)10-6-2-4-8-12(10)17/h1-8H. The molecule has 3 rings (SSSR count). The summed E-state index contributed by atoms with van der Waals surface area (Å²) in [5.74, 6) is 0.285. The normalized spacial score (nSPS) is 10.6. The van der Waals surface area contributed by atoms with Gasteiger partial charge in [0.05, 0.1) is 10.6 Å². The molecule has 0 aliphatic carbocycles. The van der Waals surface area contributed by atoms with Crippen LogP contribution < -0.4 is 0 Å². The average molecular weight is 396 g/mol. The lowest BCUT2D eigenvalue weighted by molar-refractivity contribution is 0.108. The molecule has 3 aromatic rings. The van der Waals surface area contributed by atoms with Crippen LogP contribution in [0.4, 0.5) is 0 Å². The quantitative estimate of drug-likeness (QED) is 0.578. The highest BCUT2D eigenvalue weighted by molar-refractivity contribution is 9.10. The Hall–Kier alpha value is -1.63. The van der Waals surface area contributed by atoms with Gasteiger partial charge in [0.25, 0.3) is 5.22 Å². The molecular formula is C15H8BrClN2O2S. The zero-order valence-electron chi connectivity index (χ0n) is 11.0. The summed E-state index contributed by atoms with van der Waals surface area (Å²) in [5.41, 5.74) is 1.18. The Kier molecular flexibility index (Phi) is 4.61. The van der Waals surface area contributed by atoms with Crippen LogP contribution in [0.2, 0.25) is 5.02 Å². The van der Waals surface area contributed by atoms with E-state index in [0.29, 0.717) is 16.1 Å². The number of nitrogens with zero attached hydrogens (tertiary/aromatic N) is 2. The van der Waals surface area contributed by atoms with Crippen molar-refractivity contribution in [2.75, 3.05) is 0 Å². The van der Waals surface area contributed by atoms with Gasteiger partial charge in [0.1, 0.15) is 0 Å². The number of carbonyl (C=O) groups is 1. The molecule has 0 radical (unpaired) electrons. The van der Waals surface area contributed by atoms with E-state index in [2.05, 4.69) is 26.1 Å². The monoisotopic (exact) mass is 394 g/mol. The van der Waals surface area contributed by atoms with Gasteiger partial charge in [-0.15, -0.1) is 10.2 Å². The maximum Gasteiger partial charge on any atom is 0.284 e. The molecule has 1 aromatic heterocycles. The second-order valence-corrected chi connectivity index (χ2v) is 6.41. The van der Waals surface area contributed by atoms with Crippen molar-refractivity contribution in [3.8, 4) is 11.5 Å². The van der Waals surface area contributed by atoms with E-state index in [9.17, 15) is 4.79 Å². The van der Waals surface area contributed by atoms with Crippen LogP contribution in [-0.2, 0) is 0 Å². The van der Waals surface area contributed by atoms with Crippen LogP contribution in [0.25, 0.3) is 11.5 Å². The molecule has 0 unspecified atom stereocenters. The molecule has 4 nitrogen and oxygen atoms in total. The van der Waals surface area contributed by atoms with Gasteiger partial charge in [-0.05, 0) is 24.3 Å². The average Bonchev–Trinajstić information content (AvgIpc) is 2.96. The third-order valence-electron chi connectivity index (χ3n) is 2.78. The number of halogens is 2. The van der Waals surface area contributed by atoms with Crippen LogP contribution in [0.3, 0.4) is 0 Å². The topological polar surface area (TPSA) is 56.0 Å². The highest BCUT2D eigenvalue weighted by atomic mass is 79.9. The van der Waals surface area contributed by atoms with Gasteiger partial charge in [-0.25, -0.2) is 0 Å². The van der Waals surface area contributed by atoms with E-state index in [1.54, 1.807) is 30.3 Å². The van der Waals surface area contributed by atoms with Crippen LogP contribution in [0.5, 0.6) is 0 Å². The minimum atomic E-state index is -0.179. The number of hydrogen-bond donors (Lipinski definition) is 0. The van der Waals surface area contributed by atoms with E-state index < -0.39 is 0 Å². The van der Waals surface area contributed by atoms with E-state index >= 15 is 0 Å². The van der Waals surface area contributed by atoms with Gasteiger partial charge >= 0.3 is 0 Å². The fourth-order valence-electron chi connectivity index (χ4n) is 1.76. The van der Waals surface area contributed by atoms with Crippen molar-refractivity contribution in [3.05, 3.63) is 63.6 Å². The minimum absolute atomic E-state index is 0.177. The van der Waals surface area contributed by atoms with Crippen molar-refractivity contribution in [2.24, 2.45) is 0 Å². The Morgan fingerprint density at radius 2 is 1.82 bits per heavy atom. The number of thioether (sulfide) groups is 1. The molecule has 110 valence electrons. The van der Waals surface area contributed by atoms with Crippen molar-refractivity contribution < 1.29 is 9.21 Å². The zero-order chi connectivity index (χ0) is 15.5. The molecule has 0 aliphatic rings. The summed E-state index contributed by atoms with van der Waals surface area (Å²) >= 11 is 10.3. The van der Waals surface area contributed by atoms with Gasteiger partial charge in [0.15, 0.2) is 0 Å². The molecular weight excluding hydrogens is 388 g/mol. The molecule has 22 heavy (non-hydrogen) atoms. The molecule has 7 heteroatoms. The fraction of sp³-hybridized carbons (Fsp3) is 0. The predicted octanol–water partition coefficient (Wildman–Crippen LogP) is 5.09. The number of carbonyl (C=O) groups excluding carboxylic acids is 1. The van der Waals surface area contributed by atoms with E-state index in [1.165, 1.54) is 0 Å². The molecule has 1 heterocycles. The van der Waals surface area contributed by atoms with Crippen LogP contribution in [0.1, 0.15) is 10.4 Å². The van der Waals surface area contributed by atoms with Crippen LogP contribution in [-0.4, -0.2) is 15.3 Å². The van der Waals surface area contributed by atoms with E-state index in [0.717, 1.165) is 16.2 Å². The first-order valence-corrected chi connectivity index (χ1v) is 8.19. The molecule has 0 fully saturated rings. The van der Waals surface area contributed by atoms with Gasteiger partial charge in [0, 0.05) is 21.8 Å². The Morgan fingerprint density at radius 1 is 1.09 bits per heavy atom. The lowest BCUT2D eigenvalue weighted by atomic mass is 10.2. The molecule has 0 saturated heterocycles. The first-order valence-electron chi connectivity index (χ1n) is 6.20. The summed E-state index contributed by atoms with van der Waals surface area (Å²) < 4.78 is 6.22. The first-order chi connectivity index (χ1) is 10.6. The fourth-order valence-corrected chi connectivity index (χ4v) is 3.22. The Bertz CT molecular complexity index is 838. The molecule has 0 aliphatic heterocycles. The second kappa shape index (κ2) is 6.64. The molecule has 0 N–H and O–H groups in total. The molecule has 0 bridgehead atoms. The number of hydrogen-bond acceptors (Lipinski definition) is 5. The van der Waals surface area contributed by atoms with Crippen molar-refractivity contribution in [1.29, 1.82) is 0 Å². The van der Waals surface area contributed by atoms with Crippen LogP contribution in [0, 0.1) is 0 Å². The third kappa shape index (κ3) is 3.24. The SMILES string of the molecule is O=C(Sc1nnc(-c2ccccc2Cl)o1)c1ccccc1Br. The van der Waals surface area contributed by atoms with Gasteiger partial charge in [0.2, 0.25) is 11.0 Å². The molecule has 0 amide bonds. The number of aromatic nitrogens is 2. The van der Waals surface area contributed by atoms with Crippen LogP contribution >= 0.6 is 39.3 Å². The molecule has 0 atom stereocenters. The highest BCUT2D eigenvalue weighted by Gasteiger charge is 2.17. The van der Waals surface area contributed by atoms with Gasteiger partial charge < -0.3 is 4.42 Å². The second-order valence-electron chi connectivity index (χ2n) is 4.22. The van der Waals surface area contributed by atoms with Crippen molar-refractivity contribution >= 4 is 44.4 Å². The molecule has 0 saturated carbocycles. The summed E-state index contributed by atoms with van der Waals surface area (Å²) in [6.45, 7) is 0. The summed E-state index contributed by atoms with van der Waals surface area (Å²) in [6.07, 6.45) is 0. The number of benzene rings is 2. The summed E-state index contributed by atoms with van der Waals surface area (Å²) in [7, 11) is 0. The van der Waals surface area contributed by atoms with Crippen molar-refractivity contribution in [3.63, 3.8) is 0 Å². The third-order valence-corrected chi connectivity index (χ3v) is 4.55. The van der Waals surface area contributed by atoms with Gasteiger partial charge in [-0.2, -0.15) is 0 Å². The van der Waals surface area contributed by atoms with Gasteiger partial charge in [-0.3, -0.25) is 4.79 Å². The largest absolute Gasteiger partial charge is 0.411 e. The van der Waals surface area contributed by atoms with Gasteiger partial charge in [-0.1, -0.05) is 51.8 Å². The first kappa shape index (κ1) is 15.3. The van der Waals surface area contributed by atoms with Crippen LogP contribution in [0.15, 0.2) is 62.6 Å². The van der Waals surface area contributed by atoms with E-state index in [4.69, 9.17) is 16.0 Å². The smallest absolute Gasteiger partial charge is 0.284 e. The molecule has 0 spiro atoms. The van der Waals surface area contributed by atoms with E-state index in [1.807, 2.05) is 18.2 Å².